The van der Waals surface area contributed by atoms with Crippen LogP contribution in [-0.2, 0) is 0 Å². The molecule has 0 amide bonds. The first-order valence-corrected chi connectivity index (χ1v) is 9.34. The van der Waals surface area contributed by atoms with Gasteiger partial charge in [0.25, 0.3) is 0 Å². The number of aromatic hydroxyl groups is 1. The highest BCUT2D eigenvalue weighted by Gasteiger charge is 2.18. The number of benzene rings is 2. The molecule has 7 nitrogen and oxygen atoms in total. The smallest absolute Gasteiger partial charge is 0.165 e. The van der Waals surface area contributed by atoms with Crippen LogP contribution >= 0.6 is 0 Å². The predicted molar refractivity (Wildman–Crippen MR) is 109 cm³/mol. The van der Waals surface area contributed by atoms with Gasteiger partial charge in [-0.15, -0.1) is 0 Å². The molecule has 28 heavy (non-hydrogen) atoms. The second-order valence-electron chi connectivity index (χ2n) is 6.97. The summed E-state index contributed by atoms with van der Waals surface area (Å²) in [5.74, 6) is 1.46. The zero-order chi connectivity index (χ0) is 18.9. The van der Waals surface area contributed by atoms with Crippen LogP contribution in [0.3, 0.4) is 0 Å². The number of nitrogens with one attached hydrogen (secondary N) is 3. The Morgan fingerprint density at radius 1 is 1.07 bits per heavy atom. The Kier molecular flexibility index (Phi) is 4.14. The van der Waals surface area contributed by atoms with Crippen LogP contribution in [0.25, 0.3) is 33.4 Å². The molecule has 7 heteroatoms. The van der Waals surface area contributed by atoms with Gasteiger partial charge < -0.3 is 15.7 Å². The highest BCUT2D eigenvalue weighted by atomic mass is 16.3. The van der Waals surface area contributed by atoms with E-state index in [4.69, 9.17) is 9.97 Å². The van der Waals surface area contributed by atoms with Crippen molar-refractivity contribution >= 4 is 16.7 Å². The number of aromatic nitrogens is 4. The lowest BCUT2D eigenvalue weighted by Crippen LogP contribution is -2.23. The second-order valence-corrected chi connectivity index (χ2v) is 6.97. The van der Waals surface area contributed by atoms with Crippen LogP contribution in [0.1, 0.15) is 6.42 Å². The minimum atomic E-state index is 0.172. The standard InChI is InChI=1S/C21H20N6O/c28-19-4-2-1-3-16(19)20-26-18-6-5-13(14-10-23-24-11-14)9-17(18)21(27-20)25-15-7-8-22-12-15/h1-6,9-11,15,22,28H,7-8,12H2,(H,23,24)(H,25,26,27). The number of anilines is 1. The third kappa shape index (κ3) is 3.05. The maximum atomic E-state index is 10.3. The molecule has 0 radical (unpaired) electrons. The first-order valence-electron chi connectivity index (χ1n) is 9.34. The molecule has 0 aliphatic carbocycles. The molecule has 1 atom stereocenters. The number of hydrogen-bond donors (Lipinski definition) is 4. The number of H-pyrrole nitrogens is 1. The Labute approximate surface area is 161 Å². The van der Waals surface area contributed by atoms with Gasteiger partial charge in [0.05, 0.1) is 17.3 Å². The SMILES string of the molecule is Oc1ccccc1-c1nc(NC2CCNC2)c2cc(-c3cn[nH]c3)ccc2n1. The molecular weight excluding hydrogens is 352 g/mol. The fourth-order valence-electron chi connectivity index (χ4n) is 3.58. The maximum Gasteiger partial charge on any atom is 0.165 e. The van der Waals surface area contributed by atoms with Gasteiger partial charge in [-0.2, -0.15) is 5.10 Å². The Morgan fingerprint density at radius 3 is 2.79 bits per heavy atom. The number of phenolic OH excluding ortho intramolecular Hbond substituents is 1. The van der Waals surface area contributed by atoms with E-state index in [9.17, 15) is 5.11 Å². The third-order valence-electron chi connectivity index (χ3n) is 5.07. The average molecular weight is 372 g/mol. The van der Waals surface area contributed by atoms with Gasteiger partial charge >= 0.3 is 0 Å². The normalized spacial score (nSPS) is 16.5. The van der Waals surface area contributed by atoms with Gasteiger partial charge in [-0.1, -0.05) is 18.2 Å². The summed E-state index contributed by atoms with van der Waals surface area (Å²) in [7, 11) is 0. The summed E-state index contributed by atoms with van der Waals surface area (Å²) in [6.45, 7) is 1.89. The highest BCUT2D eigenvalue weighted by molar-refractivity contribution is 5.94. The monoisotopic (exact) mass is 372 g/mol. The highest BCUT2D eigenvalue weighted by Crippen LogP contribution is 2.32. The molecule has 5 rings (SSSR count). The Morgan fingerprint density at radius 2 is 2.00 bits per heavy atom. The van der Waals surface area contributed by atoms with E-state index in [-0.39, 0.29) is 5.75 Å². The van der Waals surface area contributed by atoms with E-state index in [1.165, 1.54) is 0 Å². The number of hydrogen-bond acceptors (Lipinski definition) is 6. The van der Waals surface area contributed by atoms with Gasteiger partial charge in [0.1, 0.15) is 11.6 Å². The van der Waals surface area contributed by atoms with Crippen molar-refractivity contribution in [2.75, 3.05) is 18.4 Å². The van der Waals surface area contributed by atoms with Gasteiger partial charge in [0, 0.05) is 29.7 Å². The van der Waals surface area contributed by atoms with E-state index in [1.807, 2.05) is 30.5 Å². The van der Waals surface area contributed by atoms with E-state index < -0.39 is 0 Å². The summed E-state index contributed by atoms with van der Waals surface area (Å²) in [5, 5.41) is 25.0. The van der Waals surface area contributed by atoms with E-state index in [1.54, 1.807) is 18.3 Å². The van der Waals surface area contributed by atoms with Gasteiger partial charge in [0.2, 0.25) is 0 Å². The summed E-state index contributed by atoms with van der Waals surface area (Å²) in [5.41, 5.74) is 3.51. The second kappa shape index (κ2) is 6.94. The molecule has 2 aromatic carbocycles. The Hall–Kier alpha value is -3.45. The summed E-state index contributed by atoms with van der Waals surface area (Å²) >= 11 is 0. The predicted octanol–water partition coefficient (Wildman–Crippen LogP) is 3.17. The number of fused-ring (bicyclic) bond motifs is 1. The molecule has 0 spiro atoms. The zero-order valence-electron chi connectivity index (χ0n) is 15.2. The quantitative estimate of drug-likeness (QED) is 0.439. The van der Waals surface area contributed by atoms with E-state index in [0.29, 0.717) is 17.4 Å². The van der Waals surface area contributed by atoms with Crippen molar-refractivity contribution in [2.24, 2.45) is 0 Å². The molecule has 0 saturated carbocycles. The molecule has 1 fully saturated rings. The van der Waals surface area contributed by atoms with E-state index >= 15 is 0 Å². The first kappa shape index (κ1) is 16.7. The maximum absolute atomic E-state index is 10.3. The van der Waals surface area contributed by atoms with Gasteiger partial charge in [-0.05, 0) is 42.8 Å². The molecule has 4 aromatic rings. The first-order chi connectivity index (χ1) is 13.8. The molecule has 2 aromatic heterocycles. The number of aromatic amines is 1. The summed E-state index contributed by atoms with van der Waals surface area (Å²) in [6.07, 6.45) is 4.71. The Balaban J connectivity index is 1.67. The number of para-hydroxylation sites is 1. The van der Waals surface area contributed by atoms with Crippen LogP contribution in [0.5, 0.6) is 5.75 Å². The average Bonchev–Trinajstić information content (AvgIpc) is 3.42. The molecule has 1 aliphatic heterocycles. The van der Waals surface area contributed by atoms with E-state index in [2.05, 4.69) is 26.9 Å². The fourth-order valence-corrected chi connectivity index (χ4v) is 3.58. The summed E-state index contributed by atoms with van der Waals surface area (Å²) < 4.78 is 0. The van der Waals surface area contributed by atoms with Crippen molar-refractivity contribution in [2.45, 2.75) is 12.5 Å². The Bertz CT molecular complexity index is 1120. The number of rotatable bonds is 4. The fraction of sp³-hybridized carbons (Fsp3) is 0.190. The van der Waals surface area contributed by atoms with Crippen molar-refractivity contribution < 1.29 is 5.11 Å². The van der Waals surface area contributed by atoms with Crippen LogP contribution in [0, 0.1) is 0 Å². The molecular formula is C21H20N6O. The molecule has 0 bridgehead atoms. The van der Waals surface area contributed by atoms with Gasteiger partial charge in [0.15, 0.2) is 5.82 Å². The van der Waals surface area contributed by atoms with Crippen LogP contribution in [0.2, 0.25) is 0 Å². The lowest BCUT2D eigenvalue weighted by molar-refractivity contribution is 0.477. The van der Waals surface area contributed by atoms with E-state index in [0.717, 1.165) is 47.4 Å². The van der Waals surface area contributed by atoms with Crippen LogP contribution in [0.15, 0.2) is 54.9 Å². The number of nitrogens with zero attached hydrogens (tertiary/aromatic N) is 3. The molecule has 1 aliphatic rings. The molecule has 1 saturated heterocycles. The minimum absolute atomic E-state index is 0.172. The lowest BCUT2D eigenvalue weighted by atomic mass is 10.1. The minimum Gasteiger partial charge on any atom is -0.507 e. The molecule has 140 valence electrons. The summed E-state index contributed by atoms with van der Waals surface area (Å²) in [4.78, 5) is 9.50. The topological polar surface area (TPSA) is 98.8 Å². The zero-order valence-corrected chi connectivity index (χ0v) is 15.2. The van der Waals surface area contributed by atoms with Gasteiger partial charge in [-0.3, -0.25) is 5.10 Å². The molecule has 1 unspecified atom stereocenters. The van der Waals surface area contributed by atoms with Crippen LogP contribution in [-0.4, -0.2) is 44.4 Å². The molecule has 3 heterocycles. The van der Waals surface area contributed by atoms with Crippen molar-refractivity contribution in [3.05, 3.63) is 54.9 Å². The van der Waals surface area contributed by atoms with Crippen molar-refractivity contribution in [1.82, 2.24) is 25.5 Å². The van der Waals surface area contributed by atoms with Crippen LogP contribution < -0.4 is 10.6 Å². The lowest BCUT2D eigenvalue weighted by Gasteiger charge is -2.16. The van der Waals surface area contributed by atoms with Gasteiger partial charge in [-0.25, -0.2) is 9.97 Å². The largest absolute Gasteiger partial charge is 0.507 e. The van der Waals surface area contributed by atoms with Crippen molar-refractivity contribution in [3.63, 3.8) is 0 Å². The van der Waals surface area contributed by atoms with Crippen molar-refractivity contribution in [1.29, 1.82) is 0 Å². The molecule has 4 N–H and O–H groups in total. The van der Waals surface area contributed by atoms with Crippen LogP contribution in [0.4, 0.5) is 5.82 Å². The summed E-state index contributed by atoms with van der Waals surface area (Å²) in [6, 6.07) is 13.6. The number of phenols is 1. The third-order valence-corrected chi connectivity index (χ3v) is 5.07. The van der Waals surface area contributed by atoms with Crippen molar-refractivity contribution in [3.8, 4) is 28.3 Å².